The first-order chi connectivity index (χ1) is 10.0. The van der Waals surface area contributed by atoms with Crippen molar-refractivity contribution < 1.29 is 0 Å². The van der Waals surface area contributed by atoms with Crippen LogP contribution in [0, 0.1) is 13.8 Å². The first-order valence-corrected chi connectivity index (χ1v) is 8.03. The molecule has 0 saturated carbocycles. The Kier molecular flexibility index (Phi) is 5.69. The normalized spacial score (nSPS) is 12.4. The summed E-state index contributed by atoms with van der Waals surface area (Å²) in [5.74, 6) is 0. The quantitative estimate of drug-likeness (QED) is 0.744. The third kappa shape index (κ3) is 4.23. The Hall–Kier alpha value is -1.02. The molecule has 1 N–H and O–H groups in total. The molecular formula is C18H21Cl2N. The summed E-state index contributed by atoms with van der Waals surface area (Å²) in [6.07, 6.45) is 1.08. The molecule has 1 unspecified atom stereocenters. The maximum Gasteiger partial charge on any atom is 0.0591 e. The van der Waals surface area contributed by atoms with Gasteiger partial charge in [-0.1, -0.05) is 65.5 Å². The molecule has 0 aliphatic rings. The zero-order valence-electron chi connectivity index (χ0n) is 12.7. The number of nitrogens with one attached hydrogen (secondary N) is 1. The lowest BCUT2D eigenvalue weighted by Crippen LogP contribution is -2.23. The molecule has 0 fully saturated rings. The van der Waals surface area contributed by atoms with Crippen molar-refractivity contribution in [1.82, 2.24) is 5.32 Å². The van der Waals surface area contributed by atoms with E-state index in [0.717, 1.165) is 18.5 Å². The molecule has 0 spiro atoms. The summed E-state index contributed by atoms with van der Waals surface area (Å²) in [5, 5.41) is 4.96. The van der Waals surface area contributed by atoms with E-state index < -0.39 is 0 Å². The van der Waals surface area contributed by atoms with Gasteiger partial charge >= 0.3 is 0 Å². The molecule has 112 valence electrons. The molecule has 0 heterocycles. The number of benzene rings is 2. The maximum absolute atomic E-state index is 6.41. The van der Waals surface area contributed by atoms with E-state index in [9.17, 15) is 0 Å². The Balaban J connectivity index is 2.46. The van der Waals surface area contributed by atoms with E-state index in [1.54, 1.807) is 0 Å². The molecule has 0 aliphatic carbocycles. The second-order valence-corrected chi connectivity index (χ2v) is 6.32. The van der Waals surface area contributed by atoms with Gasteiger partial charge in [-0.05, 0) is 50.1 Å². The van der Waals surface area contributed by atoms with Crippen LogP contribution < -0.4 is 5.32 Å². The number of hydrogen-bond donors (Lipinski definition) is 1. The lowest BCUT2D eigenvalue weighted by molar-refractivity contribution is 0.598. The van der Waals surface area contributed by atoms with E-state index in [2.05, 4.69) is 44.3 Å². The molecule has 0 saturated heterocycles. The molecular weight excluding hydrogens is 301 g/mol. The zero-order chi connectivity index (χ0) is 15.4. The monoisotopic (exact) mass is 321 g/mol. The zero-order valence-corrected chi connectivity index (χ0v) is 14.2. The van der Waals surface area contributed by atoms with Crippen molar-refractivity contribution in [2.24, 2.45) is 0 Å². The average Bonchev–Trinajstić information content (AvgIpc) is 2.40. The van der Waals surface area contributed by atoms with E-state index in [1.807, 2.05) is 18.2 Å². The van der Waals surface area contributed by atoms with E-state index in [4.69, 9.17) is 23.2 Å². The first kappa shape index (κ1) is 16.4. The van der Waals surface area contributed by atoms with Gasteiger partial charge in [-0.25, -0.2) is 0 Å². The van der Waals surface area contributed by atoms with Gasteiger partial charge in [-0.15, -0.1) is 0 Å². The third-order valence-electron chi connectivity index (χ3n) is 3.45. The standard InChI is InChI=1S/C18H21Cl2N/c1-4-7-21-18(14-9-12(2)8-13(3)10-14)16-6-5-15(19)11-17(16)20/h5-6,8-11,18,21H,4,7H2,1-3H3. The molecule has 21 heavy (non-hydrogen) atoms. The summed E-state index contributed by atoms with van der Waals surface area (Å²) in [7, 11) is 0. The molecule has 2 aromatic carbocycles. The fourth-order valence-electron chi connectivity index (χ4n) is 2.61. The Morgan fingerprint density at radius 1 is 1.00 bits per heavy atom. The summed E-state index contributed by atoms with van der Waals surface area (Å²) < 4.78 is 0. The molecule has 0 aliphatic heterocycles. The van der Waals surface area contributed by atoms with Crippen molar-refractivity contribution in [3.63, 3.8) is 0 Å². The summed E-state index contributed by atoms with van der Waals surface area (Å²) in [6.45, 7) is 7.35. The Morgan fingerprint density at radius 2 is 1.67 bits per heavy atom. The number of halogens is 2. The van der Waals surface area contributed by atoms with Crippen LogP contribution in [0.5, 0.6) is 0 Å². The van der Waals surface area contributed by atoms with Crippen LogP contribution in [0.2, 0.25) is 10.0 Å². The van der Waals surface area contributed by atoms with Gasteiger partial charge in [0.05, 0.1) is 6.04 Å². The van der Waals surface area contributed by atoms with Crippen molar-refractivity contribution >= 4 is 23.2 Å². The van der Waals surface area contributed by atoms with Crippen LogP contribution in [-0.4, -0.2) is 6.54 Å². The second kappa shape index (κ2) is 7.31. The second-order valence-electron chi connectivity index (χ2n) is 5.47. The molecule has 2 rings (SSSR count). The Bertz CT molecular complexity index is 602. The van der Waals surface area contributed by atoms with Gasteiger partial charge in [0.2, 0.25) is 0 Å². The third-order valence-corrected chi connectivity index (χ3v) is 4.01. The highest BCUT2D eigenvalue weighted by Gasteiger charge is 2.17. The SMILES string of the molecule is CCCNC(c1cc(C)cc(C)c1)c1ccc(Cl)cc1Cl. The lowest BCUT2D eigenvalue weighted by atomic mass is 9.95. The van der Waals surface area contributed by atoms with Crippen molar-refractivity contribution in [2.45, 2.75) is 33.2 Å². The largest absolute Gasteiger partial charge is 0.306 e. The van der Waals surface area contributed by atoms with Gasteiger partial charge in [-0.2, -0.15) is 0 Å². The maximum atomic E-state index is 6.41. The summed E-state index contributed by atoms with van der Waals surface area (Å²) >= 11 is 12.4. The minimum atomic E-state index is 0.0910. The molecule has 0 amide bonds. The minimum absolute atomic E-state index is 0.0910. The molecule has 1 atom stereocenters. The highest BCUT2D eigenvalue weighted by atomic mass is 35.5. The number of rotatable bonds is 5. The van der Waals surface area contributed by atoms with E-state index in [1.165, 1.54) is 16.7 Å². The van der Waals surface area contributed by atoms with Crippen LogP contribution in [0.3, 0.4) is 0 Å². The predicted octanol–water partition coefficient (Wildman–Crippen LogP) is 5.70. The van der Waals surface area contributed by atoms with Crippen LogP contribution in [-0.2, 0) is 0 Å². The van der Waals surface area contributed by atoms with Gasteiger partial charge in [0.25, 0.3) is 0 Å². The Morgan fingerprint density at radius 3 is 2.24 bits per heavy atom. The highest BCUT2D eigenvalue weighted by Crippen LogP contribution is 2.31. The molecule has 0 bridgehead atoms. The highest BCUT2D eigenvalue weighted by molar-refractivity contribution is 6.35. The summed E-state index contributed by atoms with van der Waals surface area (Å²) in [5.41, 5.74) is 4.83. The first-order valence-electron chi connectivity index (χ1n) is 7.27. The average molecular weight is 322 g/mol. The number of aryl methyl sites for hydroxylation is 2. The fourth-order valence-corrected chi connectivity index (χ4v) is 3.13. The van der Waals surface area contributed by atoms with Crippen LogP contribution in [0.4, 0.5) is 0 Å². The van der Waals surface area contributed by atoms with Gasteiger partial charge < -0.3 is 5.32 Å². The van der Waals surface area contributed by atoms with E-state index in [-0.39, 0.29) is 6.04 Å². The predicted molar refractivity (Wildman–Crippen MR) is 92.5 cm³/mol. The van der Waals surface area contributed by atoms with Gasteiger partial charge in [0, 0.05) is 10.0 Å². The Labute approximate surface area is 137 Å². The molecule has 1 nitrogen and oxygen atoms in total. The topological polar surface area (TPSA) is 12.0 Å². The minimum Gasteiger partial charge on any atom is -0.306 e. The van der Waals surface area contributed by atoms with Gasteiger partial charge in [0.15, 0.2) is 0 Å². The van der Waals surface area contributed by atoms with Crippen LogP contribution in [0.1, 0.15) is 41.6 Å². The van der Waals surface area contributed by atoms with E-state index in [0.29, 0.717) is 10.0 Å². The van der Waals surface area contributed by atoms with Crippen LogP contribution in [0.25, 0.3) is 0 Å². The molecule has 0 aromatic heterocycles. The van der Waals surface area contributed by atoms with Crippen LogP contribution >= 0.6 is 23.2 Å². The fraction of sp³-hybridized carbons (Fsp3) is 0.333. The molecule has 0 radical (unpaired) electrons. The van der Waals surface area contributed by atoms with Crippen LogP contribution in [0.15, 0.2) is 36.4 Å². The molecule has 2 aromatic rings. The van der Waals surface area contributed by atoms with Crippen molar-refractivity contribution in [3.05, 3.63) is 68.7 Å². The van der Waals surface area contributed by atoms with Crippen molar-refractivity contribution in [2.75, 3.05) is 6.54 Å². The summed E-state index contributed by atoms with van der Waals surface area (Å²) in [6, 6.07) is 12.4. The van der Waals surface area contributed by atoms with Crippen molar-refractivity contribution in [1.29, 1.82) is 0 Å². The molecule has 3 heteroatoms. The van der Waals surface area contributed by atoms with Crippen molar-refractivity contribution in [3.8, 4) is 0 Å². The smallest absolute Gasteiger partial charge is 0.0591 e. The summed E-state index contributed by atoms with van der Waals surface area (Å²) in [4.78, 5) is 0. The number of hydrogen-bond acceptors (Lipinski definition) is 1. The van der Waals surface area contributed by atoms with Gasteiger partial charge in [0.1, 0.15) is 0 Å². The van der Waals surface area contributed by atoms with E-state index >= 15 is 0 Å². The lowest BCUT2D eigenvalue weighted by Gasteiger charge is -2.22. The van der Waals surface area contributed by atoms with Gasteiger partial charge in [-0.3, -0.25) is 0 Å².